The Bertz CT molecular complexity index is 1180. The number of azo groups is 1. The summed E-state index contributed by atoms with van der Waals surface area (Å²) in [5.41, 5.74) is 1.03. The second-order valence-corrected chi connectivity index (χ2v) is 7.38. The van der Waals surface area contributed by atoms with E-state index >= 15 is 0 Å². The molecule has 2 amide bonds. The third kappa shape index (κ3) is 5.14. The highest BCUT2D eigenvalue weighted by Crippen LogP contribution is 2.34. The van der Waals surface area contributed by atoms with Crippen molar-refractivity contribution in [2.45, 2.75) is 19.3 Å². The molecule has 0 fully saturated rings. The van der Waals surface area contributed by atoms with Crippen LogP contribution in [0.1, 0.15) is 18.7 Å². The summed E-state index contributed by atoms with van der Waals surface area (Å²) in [6.45, 7) is 1.01. The lowest BCUT2D eigenvalue weighted by Gasteiger charge is -2.20. The number of aromatic nitrogens is 2. The van der Waals surface area contributed by atoms with Gasteiger partial charge in [-0.3, -0.25) is 9.59 Å². The molecule has 1 aliphatic heterocycles. The number of aryl methyl sites for hydroxylation is 1. The number of phenolic OH excluding ortho intramolecular Hbond substituents is 2. The van der Waals surface area contributed by atoms with Crippen LogP contribution in [-0.4, -0.2) is 45.3 Å². The zero-order chi connectivity index (χ0) is 23.2. The van der Waals surface area contributed by atoms with Crippen LogP contribution in [0.3, 0.4) is 0 Å². The zero-order valence-electron chi connectivity index (χ0n) is 17.6. The van der Waals surface area contributed by atoms with E-state index in [0.717, 1.165) is 5.57 Å². The Balaban J connectivity index is 1.18. The fraction of sp³-hybridized carbons (Fsp3) is 0.273. The third-order valence-corrected chi connectivity index (χ3v) is 5.07. The van der Waals surface area contributed by atoms with Gasteiger partial charge >= 0.3 is 0 Å². The van der Waals surface area contributed by atoms with Crippen LogP contribution in [0, 0.1) is 5.92 Å². The normalized spacial score (nSPS) is 16.7. The van der Waals surface area contributed by atoms with Crippen LogP contribution in [0.5, 0.6) is 11.5 Å². The SMILES string of the molecule is O=C(CCc1nc(-c2cccc(O)c2O)no1)NCCCNC1=C2C=CC=CC2C(=O)N=N1. The van der Waals surface area contributed by atoms with Crippen molar-refractivity contribution in [2.24, 2.45) is 16.1 Å². The fourth-order valence-corrected chi connectivity index (χ4v) is 3.35. The second-order valence-electron chi connectivity index (χ2n) is 7.38. The Hall–Kier alpha value is -4.28. The summed E-state index contributed by atoms with van der Waals surface area (Å²) in [6.07, 6.45) is 8.34. The van der Waals surface area contributed by atoms with Gasteiger partial charge in [-0.05, 0) is 18.6 Å². The number of carbonyl (C=O) groups is 2. The molecule has 170 valence electrons. The number of benzene rings is 1. The number of nitrogens with one attached hydrogen (secondary N) is 2. The molecular weight excluding hydrogens is 428 g/mol. The second kappa shape index (κ2) is 9.90. The molecule has 1 aromatic heterocycles. The van der Waals surface area contributed by atoms with Crippen LogP contribution in [0.2, 0.25) is 0 Å². The van der Waals surface area contributed by atoms with E-state index in [1.807, 2.05) is 18.2 Å². The molecule has 2 aromatic rings. The summed E-state index contributed by atoms with van der Waals surface area (Å²) in [4.78, 5) is 28.0. The monoisotopic (exact) mass is 450 g/mol. The first-order valence-electron chi connectivity index (χ1n) is 10.4. The first kappa shape index (κ1) is 21.9. The quantitative estimate of drug-likeness (QED) is 0.333. The van der Waals surface area contributed by atoms with Gasteiger partial charge in [0.15, 0.2) is 17.3 Å². The average Bonchev–Trinajstić information content (AvgIpc) is 3.29. The lowest BCUT2D eigenvalue weighted by Crippen LogP contribution is -2.28. The number of fused-ring (bicyclic) bond motifs is 1. The summed E-state index contributed by atoms with van der Waals surface area (Å²) >= 11 is 0. The van der Waals surface area contributed by atoms with Crippen LogP contribution in [0.4, 0.5) is 0 Å². The largest absolute Gasteiger partial charge is 0.504 e. The highest BCUT2D eigenvalue weighted by atomic mass is 16.5. The molecule has 1 aromatic carbocycles. The topological polar surface area (TPSA) is 162 Å². The predicted octanol–water partition coefficient (Wildman–Crippen LogP) is 2.12. The summed E-state index contributed by atoms with van der Waals surface area (Å²) < 4.78 is 5.12. The number of amides is 2. The number of nitrogens with zero attached hydrogens (tertiary/aromatic N) is 4. The minimum Gasteiger partial charge on any atom is -0.504 e. The third-order valence-electron chi connectivity index (χ3n) is 5.07. The molecule has 0 bridgehead atoms. The maximum atomic E-state index is 12.1. The van der Waals surface area contributed by atoms with Gasteiger partial charge in [0, 0.05) is 31.5 Å². The summed E-state index contributed by atoms with van der Waals surface area (Å²) in [7, 11) is 0. The van der Waals surface area contributed by atoms with Crippen molar-refractivity contribution in [3.63, 3.8) is 0 Å². The molecular formula is C22H22N6O5. The molecule has 1 unspecified atom stereocenters. The van der Waals surface area contributed by atoms with E-state index in [9.17, 15) is 19.8 Å². The van der Waals surface area contributed by atoms with Gasteiger partial charge in [0.2, 0.25) is 17.6 Å². The standard InChI is InChI=1S/C22H22N6O5/c29-16-8-3-7-15(19(16)31)21-25-18(33-28-21)10-9-17(30)23-11-4-12-24-20-13-5-1-2-6-14(13)22(32)27-26-20/h1-3,5-8,14,24,29,31H,4,9-12H2,(H,23,30). The molecule has 0 radical (unpaired) electrons. The van der Waals surface area contributed by atoms with Gasteiger partial charge < -0.3 is 25.4 Å². The van der Waals surface area contributed by atoms with Crippen LogP contribution < -0.4 is 10.6 Å². The number of carbonyl (C=O) groups excluding carboxylic acids is 2. The van der Waals surface area contributed by atoms with Crippen molar-refractivity contribution in [1.29, 1.82) is 0 Å². The minimum atomic E-state index is -0.392. The van der Waals surface area contributed by atoms with E-state index in [2.05, 4.69) is 31.0 Å². The van der Waals surface area contributed by atoms with Crippen molar-refractivity contribution in [3.8, 4) is 22.9 Å². The van der Waals surface area contributed by atoms with E-state index in [-0.39, 0.29) is 53.4 Å². The molecule has 33 heavy (non-hydrogen) atoms. The summed E-state index contributed by atoms with van der Waals surface area (Å²) in [5, 5.41) is 36.8. The maximum absolute atomic E-state index is 12.1. The first-order chi connectivity index (χ1) is 16.0. The molecule has 11 nitrogen and oxygen atoms in total. The van der Waals surface area contributed by atoms with Gasteiger partial charge in [-0.2, -0.15) is 4.98 Å². The van der Waals surface area contributed by atoms with Crippen molar-refractivity contribution in [3.05, 3.63) is 59.8 Å². The average molecular weight is 450 g/mol. The van der Waals surface area contributed by atoms with Crippen LogP contribution >= 0.6 is 0 Å². The molecule has 4 N–H and O–H groups in total. The number of hydrogen-bond donors (Lipinski definition) is 4. The molecule has 0 saturated carbocycles. The fourth-order valence-electron chi connectivity index (χ4n) is 3.35. The molecule has 0 spiro atoms. The van der Waals surface area contributed by atoms with Gasteiger partial charge in [-0.15, -0.1) is 10.2 Å². The Labute approximate surface area is 188 Å². The number of hydrogen-bond acceptors (Lipinski definition) is 9. The van der Waals surface area contributed by atoms with E-state index in [4.69, 9.17) is 4.52 Å². The minimum absolute atomic E-state index is 0.132. The maximum Gasteiger partial charge on any atom is 0.276 e. The van der Waals surface area contributed by atoms with Crippen molar-refractivity contribution in [1.82, 2.24) is 20.8 Å². The number of rotatable bonds is 9. The van der Waals surface area contributed by atoms with Crippen molar-refractivity contribution < 1.29 is 24.3 Å². The van der Waals surface area contributed by atoms with Gasteiger partial charge in [0.1, 0.15) is 0 Å². The molecule has 0 saturated heterocycles. The first-order valence-corrected chi connectivity index (χ1v) is 10.4. The Kier molecular flexibility index (Phi) is 6.58. The number of para-hydroxylation sites is 1. The van der Waals surface area contributed by atoms with E-state index in [1.165, 1.54) is 6.07 Å². The predicted molar refractivity (Wildman–Crippen MR) is 116 cm³/mol. The van der Waals surface area contributed by atoms with Gasteiger partial charge in [-0.1, -0.05) is 35.5 Å². The van der Waals surface area contributed by atoms with Crippen LogP contribution in [-0.2, 0) is 16.0 Å². The molecule has 4 rings (SSSR count). The van der Waals surface area contributed by atoms with E-state index in [0.29, 0.717) is 25.3 Å². The molecule has 11 heteroatoms. The number of allylic oxidation sites excluding steroid dienone is 3. The van der Waals surface area contributed by atoms with E-state index in [1.54, 1.807) is 18.2 Å². The molecule has 2 heterocycles. The molecule has 1 atom stereocenters. The molecule has 2 aliphatic rings. The van der Waals surface area contributed by atoms with Crippen molar-refractivity contribution in [2.75, 3.05) is 13.1 Å². The molecule has 1 aliphatic carbocycles. The number of aromatic hydroxyl groups is 2. The Morgan fingerprint density at radius 3 is 2.91 bits per heavy atom. The summed E-state index contributed by atoms with van der Waals surface area (Å²) in [6, 6.07) is 4.45. The Morgan fingerprint density at radius 2 is 2.03 bits per heavy atom. The lowest BCUT2D eigenvalue weighted by molar-refractivity contribution is -0.121. The van der Waals surface area contributed by atoms with Crippen LogP contribution in [0.15, 0.2) is 68.6 Å². The van der Waals surface area contributed by atoms with E-state index < -0.39 is 5.92 Å². The zero-order valence-corrected chi connectivity index (χ0v) is 17.6. The van der Waals surface area contributed by atoms with Crippen LogP contribution in [0.25, 0.3) is 11.4 Å². The van der Waals surface area contributed by atoms with Gasteiger partial charge in [-0.25, -0.2) is 0 Å². The highest BCUT2D eigenvalue weighted by molar-refractivity contribution is 5.86. The van der Waals surface area contributed by atoms with Crippen molar-refractivity contribution >= 4 is 11.8 Å². The number of phenols is 2. The highest BCUT2D eigenvalue weighted by Gasteiger charge is 2.27. The van der Waals surface area contributed by atoms with Gasteiger partial charge in [0.05, 0.1) is 11.5 Å². The smallest absolute Gasteiger partial charge is 0.276 e. The summed E-state index contributed by atoms with van der Waals surface area (Å²) in [5.74, 6) is -0.507. The van der Waals surface area contributed by atoms with Gasteiger partial charge in [0.25, 0.3) is 5.91 Å². The lowest BCUT2D eigenvalue weighted by atomic mass is 9.93. The Morgan fingerprint density at radius 1 is 1.15 bits per heavy atom.